The maximum atomic E-state index is 12.6. The van der Waals surface area contributed by atoms with E-state index >= 15 is 0 Å². The molecule has 28 heavy (non-hydrogen) atoms. The zero-order chi connectivity index (χ0) is 20.4. The molecule has 2 aromatic carbocycles. The van der Waals surface area contributed by atoms with Crippen molar-refractivity contribution >= 4 is 27.5 Å². The molecule has 0 aromatic heterocycles. The Hall–Kier alpha value is -1.85. The summed E-state index contributed by atoms with van der Waals surface area (Å²) in [6.07, 6.45) is 9.10. The highest BCUT2D eigenvalue weighted by atomic mass is 35.5. The van der Waals surface area contributed by atoms with Crippen molar-refractivity contribution in [1.82, 2.24) is 4.72 Å². The van der Waals surface area contributed by atoms with Gasteiger partial charge in [0.1, 0.15) is 0 Å². The highest BCUT2D eigenvalue weighted by Crippen LogP contribution is 2.17. The summed E-state index contributed by atoms with van der Waals surface area (Å²) in [6, 6.07) is 12.9. The summed E-state index contributed by atoms with van der Waals surface area (Å²) in [5.41, 5.74) is 1.28. The second-order valence-corrected chi connectivity index (χ2v) is 9.04. The maximum absolute atomic E-state index is 12.6. The number of benzene rings is 2. The van der Waals surface area contributed by atoms with Crippen LogP contribution < -0.4 is 4.72 Å². The summed E-state index contributed by atoms with van der Waals surface area (Å²) in [6.45, 7) is 2.20. The fraction of sp³-hybridized carbons (Fsp3) is 0.409. The Labute approximate surface area is 173 Å². The van der Waals surface area contributed by atoms with E-state index in [-0.39, 0.29) is 4.90 Å². The minimum absolute atomic E-state index is 0.00908. The summed E-state index contributed by atoms with van der Waals surface area (Å²) in [5, 5.41) is 0.435. The van der Waals surface area contributed by atoms with E-state index in [1.807, 2.05) is 12.1 Å². The molecule has 0 unspecified atom stereocenters. The van der Waals surface area contributed by atoms with Crippen molar-refractivity contribution in [3.8, 4) is 0 Å². The summed E-state index contributed by atoms with van der Waals surface area (Å²) >= 11 is 5.80. The minimum Gasteiger partial charge on any atom is -0.268 e. The lowest BCUT2D eigenvalue weighted by Crippen LogP contribution is -2.31. The highest BCUT2D eigenvalue weighted by Gasteiger charge is 2.20. The third-order valence-electron chi connectivity index (χ3n) is 4.66. The van der Waals surface area contributed by atoms with E-state index in [9.17, 15) is 13.2 Å². The number of hydrogen-bond acceptors (Lipinski definition) is 3. The third kappa shape index (κ3) is 6.95. The van der Waals surface area contributed by atoms with E-state index in [2.05, 4.69) is 11.6 Å². The largest absolute Gasteiger partial charge is 0.268 e. The van der Waals surface area contributed by atoms with Gasteiger partial charge in [0.25, 0.3) is 15.9 Å². The normalized spacial score (nSPS) is 11.4. The van der Waals surface area contributed by atoms with Crippen LogP contribution >= 0.6 is 11.6 Å². The summed E-state index contributed by atoms with van der Waals surface area (Å²) in [4.78, 5) is 12.6. The quantitative estimate of drug-likeness (QED) is 0.469. The number of carbonyl (C=O) groups excluding carboxylic acids is 1. The predicted octanol–water partition coefficient (Wildman–Crippen LogP) is 5.75. The molecule has 6 heteroatoms. The first-order valence-electron chi connectivity index (χ1n) is 9.84. The molecule has 0 bridgehead atoms. The molecule has 0 saturated heterocycles. The number of amides is 1. The lowest BCUT2D eigenvalue weighted by Gasteiger charge is -2.11. The van der Waals surface area contributed by atoms with Crippen LogP contribution in [0.5, 0.6) is 0 Å². The molecular formula is C22H28ClNO3S. The Bertz CT molecular complexity index is 864. The van der Waals surface area contributed by atoms with Gasteiger partial charge in [-0.15, -0.1) is 0 Å². The molecule has 0 spiro atoms. The van der Waals surface area contributed by atoms with Gasteiger partial charge < -0.3 is 0 Å². The monoisotopic (exact) mass is 421 g/mol. The number of hydrogen-bond donors (Lipinski definition) is 1. The molecule has 0 atom stereocenters. The van der Waals surface area contributed by atoms with Gasteiger partial charge in [0, 0.05) is 10.6 Å². The van der Waals surface area contributed by atoms with Crippen LogP contribution in [0.25, 0.3) is 0 Å². The van der Waals surface area contributed by atoms with Crippen molar-refractivity contribution in [2.45, 2.75) is 63.2 Å². The van der Waals surface area contributed by atoms with Crippen LogP contribution in [0.15, 0.2) is 53.4 Å². The van der Waals surface area contributed by atoms with Gasteiger partial charge in [0.15, 0.2) is 0 Å². The Morgan fingerprint density at radius 3 is 2.18 bits per heavy atom. The highest BCUT2D eigenvalue weighted by molar-refractivity contribution is 7.90. The van der Waals surface area contributed by atoms with Crippen molar-refractivity contribution in [3.05, 3.63) is 64.7 Å². The van der Waals surface area contributed by atoms with Gasteiger partial charge in [-0.05, 0) is 48.7 Å². The van der Waals surface area contributed by atoms with E-state index in [4.69, 9.17) is 11.6 Å². The molecule has 0 aliphatic heterocycles. The molecule has 0 aliphatic rings. The van der Waals surface area contributed by atoms with E-state index < -0.39 is 15.9 Å². The number of aryl methyl sites for hydroxylation is 1. The maximum Gasteiger partial charge on any atom is 0.265 e. The molecule has 0 radical (unpaired) electrons. The van der Waals surface area contributed by atoms with Gasteiger partial charge in [-0.25, -0.2) is 13.1 Å². The molecule has 4 nitrogen and oxygen atoms in total. The average molecular weight is 422 g/mol. The van der Waals surface area contributed by atoms with Crippen LogP contribution in [0.1, 0.15) is 67.8 Å². The van der Waals surface area contributed by atoms with E-state index in [1.54, 1.807) is 12.1 Å². The van der Waals surface area contributed by atoms with Gasteiger partial charge in [-0.1, -0.05) is 75.2 Å². The fourth-order valence-corrected chi connectivity index (χ4v) is 4.17. The molecule has 0 heterocycles. The van der Waals surface area contributed by atoms with E-state index in [1.165, 1.54) is 56.4 Å². The molecule has 1 amide bonds. The summed E-state index contributed by atoms with van der Waals surface area (Å²) in [5.74, 6) is -0.603. The number of nitrogens with one attached hydrogen (secondary N) is 1. The van der Waals surface area contributed by atoms with Crippen LogP contribution in [0.2, 0.25) is 5.02 Å². The van der Waals surface area contributed by atoms with Gasteiger partial charge in [-0.3, -0.25) is 4.79 Å². The first-order valence-corrected chi connectivity index (χ1v) is 11.7. The fourth-order valence-electron chi connectivity index (χ4n) is 3.08. The van der Waals surface area contributed by atoms with Gasteiger partial charge >= 0.3 is 0 Å². The lowest BCUT2D eigenvalue weighted by atomic mass is 10.00. The van der Waals surface area contributed by atoms with E-state index in [0.717, 1.165) is 24.8 Å². The number of rotatable bonds is 11. The number of carbonyl (C=O) groups is 1. The standard InChI is InChI=1S/C22H28ClNO3S/c1-2-3-4-5-6-7-8-11-18-12-9-10-13-21(18)22(25)24-28(26,27)20-16-14-19(23)15-17-20/h9-10,12-17H,2-8,11H2,1H3,(H,24,25). The third-order valence-corrected chi connectivity index (χ3v) is 6.26. The topological polar surface area (TPSA) is 63.2 Å². The van der Waals surface area contributed by atoms with Gasteiger partial charge in [0.2, 0.25) is 0 Å². The lowest BCUT2D eigenvalue weighted by molar-refractivity contribution is 0.0980. The van der Waals surface area contributed by atoms with Gasteiger partial charge in [0.05, 0.1) is 4.90 Å². The smallest absolute Gasteiger partial charge is 0.265 e. The van der Waals surface area contributed by atoms with Crippen molar-refractivity contribution < 1.29 is 13.2 Å². The van der Waals surface area contributed by atoms with E-state index in [0.29, 0.717) is 10.6 Å². The Kier molecular flexibility index (Phi) is 9.00. The zero-order valence-corrected chi connectivity index (χ0v) is 17.9. The number of sulfonamides is 1. The molecular weight excluding hydrogens is 394 g/mol. The second kappa shape index (κ2) is 11.2. The Morgan fingerprint density at radius 2 is 1.50 bits per heavy atom. The SMILES string of the molecule is CCCCCCCCCc1ccccc1C(=O)NS(=O)(=O)c1ccc(Cl)cc1. The summed E-state index contributed by atoms with van der Waals surface area (Å²) in [7, 11) is -3.94. The second-order valence-electron chi connectivity index (χ2n) is 6.92. The van der Waals surface area contributed by atoms with Crippen LogP contribution in [0, 0.1) is 0 Å². The Morgan fingerprint density at radius 1 is 0.893 bits per heavy atom. The molecule has 0 aliphatic carbocycles. The molecule has 152 valence electrons. The van der Waals surface area contributed by atoms with Crippen molar-refractivity contribution in [2.24, 2.45) is 0 Å². The summed E-state index contributed by atoms with van der Waals surface area (Å²) < 4.78 is 27.1. The van der Waals surface area contributed by atoms with Gasteiger partial charge in [-0.2, -0.15) is 0 Å². The van der Waals surface area contributed by atoms with Crippen LogP contribution in [0.3, 0.4) is 0 Å². The van der Waals surface area contributed by atoms with Crippen molar-refractivity contribution in [2.75, 3.05) is 0 Å². The zero-order valence-electron chi connectivity index (χ0n) is 16.3. The van der Waals surface area contributed by atoms with Crippen molar-refractivity contribution in [3.63, 3.8) is 0 Å². The van der Waals surface area contributed by atoms with Crippen LogP contribution in [0.4, 0.5) is 0 Å². The number of halogens is 1. The van der Waals surface area contributed by atoms with Crippen LogP contribution in [-0.2, 0) is 16.4 Å². The molecule has 1 N–H and O–H groups in total. The molecule has 0 saturated carbocycles. The minimum atomic E-state index is -3.94. The molecule has 0 fully saturated rings. The van der Waals surface area contributed by atoms with Crippen molar-refractivity contribution in [1.29, 1.82) is 0 Å². The predicted molar refractivity (Wildman–Crippen MR) is 114 cm³/mol. The average Bonchev–Trinajstić information content (AvgIpc) is 2.67. The molecule has 2 aromatic rings. The first-order chi connectivity index (χ1) is 13.4. The Balaban J connectivity index is 1.97. The first kappa shape index (κ1) is 22.4. The van der Waals surface area contributed by atoms with Crippen LogP contribution in [-0.4, -0.2) is 14.3 Å². The number of unbranched alkanes of at least 4 members (excludes halogenated alkanes) is 6. The molecule has 2 rings (SSSR count).